The second-order valence-corrected chi connectivity index (χ2v) is 6.82. The fourth-order valence-corrected chi connectivity index (χ4v) is 3.78. The lowest BCUT2D eigenvalue weighted by atomic mass is 10.1. The average Bonchev–Trinajstić information content (AvgIpc) is 3.26. The van der Waals surface area contributed by atoms with Gasteiger partial charge in [0.05, 0.1) is 12.5 Å². The maximum Gasteiger partial charge on any atom is 0.226 e. The highest BCUT2D eigenvalue weighted by Crippen LogP contribution is 2.28. The van der Waals surface area contributed by atoms with Gasteiger partial charge in [-0.05, 0) is 30.9 Å². The Hall–Kier alpha value is -2.70. The Kier molecular flexibility index (Phi) is 3.99. The molecule has 1 N–H and O–H groups in total. The number of amides is 2. The van der Waals surface area contributed by atoms with E-state index in [1.807, 2.05) is 17.0 Å². The molecule has 1 atom stereocenters. The zero-order valence-corrected chi connectivity index (χ0v) is 14.1. The van der Waals surface area contributed by atoms with E-state index in [2.05, 4.69) is 32.4 Å². The van der Waals surface area contributed by atoms with Crippen molar-refractivity contribution in [2.45, 2.75) is 44.7 Å². The molecule has 1 aliphatic carbocycles. The minimum absolute atomic E-state index is 0.113. The summed E-state index contributed by atoms with van der Waals surface area (Å²) in [6.07, 6.45) is 2.27. The minimum atomic E-state index is -0.159. The van der Waals surface area contributed by atoms with Gasteiger partial charge in [0, 0.05) is 19.0 Å². The van der Waals surface area contributed by atoms with Crippen molar-refractivity contribution >= 4 is 11.8 Å². The summed E-state index contributed by atoms with van der Waals surface area (Å²) in [7, 11) is 0. The highest BCUT2D eigenvalue weighted by molar-refractivity contribution is 5.83. The van der Waals surface area contributed by atoms with E-state index in [0.29, 0.717) is 24.4 Å². The van der Waals surface area contributed by atoms with E-state index in [4.69, 9.17) is 0 Å². The van der Waals surface area contributed by atoms with Gasteiger partial charge in [-0.3, -0.25) is 9.59 Å². The van der Waals surface area contributed by atoms with Crippen LogP contribution in [0.15, 0.2) is 28.9 Å². The molecule has 0 spiro atoms. The Bertz CT molecular complexity index is 791. The van der Waals surface area contributed by atoms with Crippen molar-refractivity contribution in [3.8, 4) is 0 Å². The van der Waals surface area contributed by atoms with Crippen molar-refractivity contribution in [3.05, 3.63) is 46.8 Å². The van der Waals surface area contributed by atoms with Crippen molar-refractivity contribution in [2.75, 3.05) is 6.54 Å². The molecular weight excluding hydrogens is 320 g/mol. The fourth-order valence-electron chi connectivity index (χ4n) is 3.78. The summed E-state index contributed by atoms with van der Waals surface area (Å²) < 4.78 is 4.61. The topological polar surface area (TPSA) is 88.3 Å². The van der Waals surface area contributed by atoms with Crippen molar-refractivity contribution in [3.63, 3.8) is 0 Å². The van der Waals surface area contributed by atoms with Crippen LogP contribution in [0.4, 0.5) is 0 Å². The van der Waals surface area contributed by atoms with Gasteiger partial charge in [0.15, 0.2) is 0 Å². The first-order chi connectivity index (χ1) is 12.1. The number of fused-ring (bicyclic) bond motifs is 1. The highest BCUT2D eigenvalue weighted by atomic mass is 16.6. The molecule has 0 saturated carbocycles. The summed E-state index contributed by atoms with van der Waals surface area (Å²) in [6.45, 7) is 2.32. The second kappa shape index (κ2) is 6.31. The zero-order chi connectivity index (χ0) is 17.4. The molecule has 2 aromatic rings. The minimum Gasteiger partial charge on any atom is -0.351 e. The number of likely N-dealkylation sites (tertiary alicyclic amines) is 1. The summed E-state index contributed by atoms with van der Waals surface area (Å²) in [4.78, 5) is 26.5. The first kappa shape index (κ1) is 15.8. The van der Waals surface area contributed by atoms with Gasteiger partial charge in [0.25, 0.3) is 0 Å². The Morgan fingerprint density at radius 2 is 1.96 bits per heavy atom. The van der Waals surface area contributed by atoms with Gasteiger partial charge in [-0.15, -0.1) is 0 Å². The summed E-state index contributed by atoms with van der Waals surface area (Å²) in [5, 5.41) is 10.3. The number of nitrogens with one attached hydrogen (secondary N) is 1. The van der Waals surface area contributed by atoms with Crippen molar-refractivity contribution < 1.29 is 14.2 Å². The fraction of sp³-hybridized carbons (Fsp3) is 0.444. The smallest absolute Gasteiger partial charge is 0.226 e. The Labute approximate surface area is 145 Å². The third kappa shape index (κ3) is 3.14. The molecule has 2 amide bonds. The molecule has 1 unspecified atom stereocenters. The van der Waals surface area contributed by atoms with E-state index in [0.717, 1.165) is 12.8 Å². The zero-order valence-electron chi connectivity index (χ0n) is 14.1. The number of hydrogen-bond donors (Lipinski definition) is 1. The molecule has 1 aliphatic heterocycles. The van der Waals surface area contributed by atoms with Crippen LogP contribution in [-0.4, -0.2) is 45.7 Å². The third-order valence-electron chi connectivity index (χ3n) is 5.07. The Morgan fingerprint density at radius 1 is 1.24 bits per heavy atom. The molecule has 1 saturated heterocycles. The van der Waals surface area contributed by atoms with Crippen molar-refractivity contribution in [1.29, 1.82) is 0 Å². The summed E-state index contributed by atoms with van der Waals surface area (Å²) in [6, 6.07) is 8.39. The van der Waals surface area contributed by atoms with Gasteiger partial charge in [-0.1, -0.05) is 34.6 Å². The van der Waals surface area contributed by atoms with Crippen molar-refractivity contribution in [2.24, 2.45) is 0 Å². The van der Waals surface area contributed by atoms with Crippen LogP contribution in [0, 0.1) is 6.92 Å². The van der Waals surface area contributed by atoms with E-state index in [9.17, 15) is 9.59 Å². The van der Waals surface area contributed by atoms with Crippen LogP contribution < -0.4 is 5.32 Å². The lowest BCUT2D eigenvalue weighted by Crippen LogP contribution is -2.41. The average molecular weight is 340 g/mol. The summed E-state index contributed by atoms with van der Waals surface area (Å²) in [5.41, 5.74) is 3.79. The van der Waals surface area contributed by atoms with E-state index in [1.165, 1.54) is 11.1 Å². The van der Waals surface area contributed by atoms with Gasteiger partial charge in [-0.25, -0.2) is 4.63 Å². The van der Waals surface area contributed by atoms with E-state index in [1.54, 1.807) is 6.92 Å². The maximum atomic E-state index is 12.4. The molecule has 7 nitrogen and oxygen atoms in total. The predicted octanol–water partition coefficient (Wildman–Crippen LogP) is 0.805. The number of rotatable bonds is 4. The van der Waals surface area contributed by atoms with E-state index in [-0.39, 0.29) is 30.3 Å². The second-order valence-electron chi connectivity index (χ2n) is 6.82. The largest absolute Gasteiger partial charge is 0.351 e. The van der Waals surface area contributed by atoms with Crippen LogP contribution in [0.3, 0.4) is 0 Å². The van der Waals surface area contributed by atoms with Gasteiger partial charge >= 0.3 is 0 Å². The van der Waals surface area contributed by atoms with Crippen molar-refractivity contribution in [1.82, 2.24) is 20.5 Å². The number of nitrogens with zero attached hydrogens (tertiary/aromatic N) is 3. The Balaban J connectivity index is 1.35. The van der Waals surface area contributed by atoms with Gasteiger partial charge in [0.1, 0.15) is 11.4 Å². The lowest BCUT2D eigenvalue weighted by molar-refractivity contribution is -0.129. The number of aromatic nitrogens is 2. The van der Waals surface area contributed by atoms with E-state index >= 15 is 0 Å². The van der Waals surface area contributed by atoms with Crippen LogP contribution in [0.1, 0.15) is 28.9 Å². The predicted molar refractivity (Wildman–Crippen MR) is 88.6 cm³/mol. The first-order valence-electron chi connectivity index (χ1n) is 8.54. The maximum absolute atomic E-state index is 12.4. The van der Waals surface area contributed by atoms with Gasteiger partial charge in [0.2, 0.25) is 11.8 Å². The van der Waals surface area contributed by atoms with Crippen LogP contribution in [0.2, 0.25) is 0 Å². The standard InChI is InChI=1S/C18H20N4O3/c1-11-16(21-25-20-11)9-17(23)19-14-8-18(24)22(10-14)15-6-12-4-2-3-5-13(12)7-15/h2-5,14-15H,6-10H2,1H3,(H,19,23). The van der Waals surface area contributed by atoms with Crippen LogP contribution in [0.25, 0.3) is 0 Å². The number of carbonyl (C=O) groups is 2. The summed E-state index contributed by atoms with van der Waals surface area (Å²) >= 11 is 0. The van der Waals surface area contributed by atoms with Crippen LogP contribution >= 0.6 is 0 Å². The molecule has 0 bridgehead atoms. The molecule has 1 aromatic carbocycles. The van der Waals surface area contributed by atoms with Crippen LogP contribution in [-0.2, 0) is 28.9 Å². The molecule has 130 valence electrons. The first-order valence-corrected chi connectivity index (χ1v) is 8.54. The number of aryl methyl sites for hydroxylation is 1. The molecule has 25 heavy (non-hydrogen) atoms. The molecule has 1 fully saturated rings. The normalized spacial score (nSPS) is 20.1. The number of benzene rings is 1. The molecule has 4 rings (SSSR count). The lowest BCUT2D eigenvalue weighted by Gasteiger charge is -2.24. The highest BCUT2D eigenvalue weighted by Gasteiger charge is 2.37. The number of carbonyl (C=O) groups excluding carboxylic acids is 2. The quantitative estimate of drug-likeness (QED) is 0.890. The summed E-state index contributed by atoms with van der Waals surface area (Å²) in [5.74, 6) is -0.0458. The monoisotopic (exact) mass is 340 g/mol. The molecular formula is C18H20N4O3. The van der Waals surface area contributed by atoms with Gasteiger partial charge in [-0.2, -0.15) is 0 Å². The molecule has 1 aromatic heterocycles. The van der Waals surface area contributed by atoms with E-state index < -0.39 is 0 Å². The molecule has 0 radical (unpaired) electrons. The molecule has 2 aliphatic rings. The van der Waals surface area contributed by atoms with Crippen LogP contribution in [0.5, 0.6) is 0 Å². The SMILES string of the molecule is Cc1nonc1CC(=O)NC1CC(=O)N(C2Cc3ccccc3C2)C1. The Morgan fingerprint density at radius 3 is 2.60 bits per heavy atom. The molecule has 2 heterocycles. The van der Waals surface area contributed by atoms with Gasteiger partial charge < -0.3 is 10.2 Å². The third-order valence-corrected chi connectivity index (χ3v) is 5.07. The number of hydrogen-bond acceptors (Lipinski definition) is 5. The molecule has 7 heteroatoms.